The average molecular weight is 129 g/mol. The zero-order valence-electron chi connectivity index (χ0n) is 5.68. The molecule has 0 aromatic carbocycles. The minimum Gasteiger partial charge on any atom is -0.369 e. The van der Waals surface area contributed by atoms with E-state index in [-0.39, 0.29) is 5.91 Å². The molecular formula is C6H13N2O. The van der Waals surface area contributed by atoms with E-state index in [4.69, 9.17) is 11.5 Å². The fourth-order valence-electron chi connectivity index (χ4n) is 0.490. The molecule has 0 heterocycles. The Labute approximate surface area is 55.4 Å². The van der Waals surface area contributed by atoms with Crippen LogP contribution in [-0.2, 0) is 4.79 Å². The van der Waals surface area contributed by atoms with Crippen molar-refractivity contribution >= 4 is 5.91 Å². The summed E-state index contributed by atoms with van der Waals surface area (Å²) >= 11 is 0. The van der Waals surface area contributed by atoms with Crippen LogP contribution in [0.25, 0.3) is 0 Å². The highest BCUT2D eigenvalue weighted by Crippen LogP contribution is 2.04. The molecule has 0 aromatic rings. The molecule has 0 saturated heterocycles. The largest absolute Gasteiger partial charge is 0.369 e. The topological polar surface area (TPSA) is 69.1 Å². The number of amides is 1. The molecule has 4 N–H and O–H groups in total. The lowest BCUT2D eigenvalue weighted by Crippen LogP contribution is -2.19. The number of hydrogen-bond acceptors (Lipinski definition) is 2. The van der Waals surface area contributed by atoms with Gasteiger partial charge in [0.05, 0.1) is 5.92 Å². The van der Waals surface area contributed by atoms with Crippen molar-refractivity contribution in [2.24, 2.45) is 11.5 Å². The number of nitrogens with two attached hydrogens (primary N) is 2. The Balaban J connectivity index is 3.27. The van der Waals surface area contributed by atoms with Crippen LogP contribution in [0.15, 0.2) is 0 Å². The summed E-state index contributed by atoms with van der Waals surface area (Å²) < 4.78 is 0. The number of carbonyl (C=O) groups excluding carboxylic acids is 1. The normalized spacial score (nSPS) is 10.1. The molecule has 0 atom stereocenters. The van der Waals surface area contributed by atoms with Gasteiger partial charge >= 0.3 is 0 Å². The molecule has 9 heavy (non-hydrogen) atoms. The van der Waals surface area contributed by atoms with Crippen LogP contribution in [-0.4, -0.2) is 12.5 Å². The monoisotopic (exact) mass is 129 g/mol. The summed E-state index contributed by atoms with van der Waals surface area (Å²) in [6.07, 6.45) is 1.57. The van der Waals surface area contributed by atoms with Gasteiger partial charge in [0.2, 0.25) is 5.91 Å². The fraction of sp³-hybridized carbons (Fsp3) is 0.667. The molecular weight excluding hydrogens is 116 g/mol. The zero-order chi connectivity index (χ0) is 7.28. The van der Waals surface area contributed by atoms with Gasteiger partial charge in [-0.3, -0.25) is 4.79 Å². The lowest BCUT2D eigenvalue weighted by molar-refractivity contribution is -0.116. The molecule has 0 spiro atoms. The molecule has 0 aromatic heterocycles. The Morgan fingerprint density at radius 2 is 2.11 bits per heavy atom. The van der Waals surface area contributed by atoms with Gasteiger partial charge in [0.15, 0.2) is 0 Å². The van der Waals surface area contributed by atoms with Crippen molar-refractivity contribution in [1.29, 1.82) is 0 Å². The molecule has 0 fully saturated rings. The number of primary amides is 1. The molecule has 0 aliphatic heterocycles. The Kier molecular flexibility index (Phi) is 4.05. The predicted octanol–water partition coefficient (Wildman–Crippen LogP) is -0.195. The van der Waals surface area contributed by atoms with Crippen LogP contribution in [0.1, 0.15) is 19.8 Å². The van der Waals surface area contributed by atoms with E-state index in [2.05, 4.69) is 0 Å². The third-order valence-electron chi connectivity index (χ3n) is 1.18. The molecule has 53 valence electrons. The molecule has 1 radical (unpaired) electrons. The lowest BCUT2D eigenvalue weighted by Gasteiger charge is -2.02. The maximum Gasteiger partial charge on any atom is 0.224 e. The number of rotatable bonds is 4. The third kappa shape index (κ3) is 3.97. The number of hydrogen-bond donors (Lipinski definition) is 2. The molecule has 1 amide bonds. The first-order valence-electron chi connectivity index (χ1n) is 3.00. The van der Waals surface area contributed by atoms with E-state index < -0.39 is 0 Å². The summed E-state index contributed by atoms with van der Waals surface area (Å²) in [4.78, 5) is 10.3. The average Bonchev–Trinajstić information content (AvgIpc) is 1.82. The Morgan fingerprint density at radius 3 is 2.44 bits per heavy atom. The SMILES string of the molecule is C[C](CCCN)C(N)=O. The smallest absolute Gasteiger partial charge is 0.224 e. The summed E-state index contributed by atoms with van der Waals surface area (Å²) in [5.74, 6) is 0.393. The molecule has 0 rings (SSSR count). The van der Waals surface area contributed by atoms with Gasteiger partial charge in [0.25, 0.3) is 0 Å². The molecule has 0 aliphatic rings. The summed E-state index contributed by atoms with van der Waals surface area (Å²) in [6.45, 7) is 2.35. The van der Waals surface area contributed by atoms with Crippen LogP contribution in [0, 0.1) is 5.92 Å². The Bertz CT molecular complexity index is 93.1. The van der Waals surface area contributed by atoms with Crippen LogP contribution in [0.2, 0.25) is 0 Å². The second kappa shape index (κ2) is 4.32. The molecule has 0 aliphatic carbocycles. The van der Waals surface area contributed by atoms with E-state index in [1.165, 1.54) is 0 Å². The quantitative estimate of drug-likeness (QED) is 0.552. The first-order valence-corrected chi connectivity index (χ1v) is 3.00. The van der Waals surface area contributed by atoms with Gasteiger partial charge in [-0.25, -0.2) is 0 Å². The highest BCUT2D eigenvalue weighted by atomic mass is 16.1. The minimum atomic E-state index is -0.316. The van der Waals surface area contributed by atoms with Crippen molar-refractivity contribution in [2.45, 2.75) is 19.8 Å². The second-order valence-corrected chi connectivity index (χ2v) is 2.04. The van der Waals surface area contributed by atoms with Crippen molar-refractivity contribution < 1.29 is 4.79 Å². The van der Waals surface area contributed by atoms with E-state index in [1.807, 2.05) is 0 Å². The highest BCUT2D eigenvalue weighted by molar-refractivity contribution is 5.87. The fourth-order valence-corrected chi connectivity index (χ4v) is 0.490. The van der Waals surface area contributed by atoms with Crippen LogP contribution in [0.3, 0.4) is 0 Å². The predicted molar refractivity (Wildman–Crippen MR) is 36.4 cm³/mol. The molecule has 0 unspecified atom stereocenters. The summed E-state index contributed by atoms with van der Waals surface area (Å²) in [5.41, 5.74) is 10.2. The summed E-state index contributed by atoms with van der Waals surface area (Å²) in [7, 11) is 0. The van der Waals surface area contributed by atoms with Crippen molar-refractivity contribution in [2.75, 3.05) is 6.54 Å². The first-order chi connectivity index (χ1) is 4.18. The summed E-state index contributed by atoms with van der Waals surface area (Å²) in [6, 6.07) is 0. The van der Waals surface area contributed by atoms with Gasteiger partial charge in [-0.15, -0.1) is 0 Å². The molecule has 0 bridgehead atoms. The van der Waals surface area contributed by atoms with Crippen molar-refractivity contribution in [3.63, 3.8) is 0 Å². The second-order valence-electron chi connectivity index (χ2n) is 2.04. The Hall–Kier alpha value is -0.570. The van der Waals surface area contributed by atoms with Crippen LogP contribution < -0.4 is 11.5 Å². The van der Waals surface area contributed by atoms with Crippen molar-refractivity contribution in [3.05, 3.63) is 5.92 Å². The van der Waals surface area contributed by atoms with Crippen molar-refractivity contribution in [3.8, 4) is 0 Å². The standard InChI is InChI=1S/C6H13N2O/c1-5(6(8)9)3-2-4-7/h2-4,7H2,1H3,(H2,8,9). The zero-order valence-corrected chi connectivity index (χ0v) is 5.68. The van der Waals surface area contributed by atoms with Gasteiger partial charge in [0.1, 0.15) is 0 Å². The van der Waals surface area contributed by atoms with E-state index >= 15 is 0 Å². The molecule has 3 heteroatoms. The van der Waals surface area contributed by atoms with Gasteiger partial charge in [-0.1, -0.05) is 0 Å². The van der Waals surface area contributed by atoms with Crippen LogP contribution in [0.4, 0.5) is 0 Å². The van der Waals surface area contributed by atoms with Gasteiger partial charge < -0.3 is 11.5 Å². The maximum absolute atomic E-state index is 10.3. The maximum atomic E-state index is 10.3. The van der Waals surface area contributed by atoms with Gasteiger partial charge in [0, 0.05) is 0 Å². The van der Waals surface area contributed by atoms with E-state index in [1.54, 1.807) is 6.92 Å². The Morgan fingerprint density at radius 1 is 1.56 bits per heavy atom. The summed E-state index contributed by atoms with van der Waals surface area (Å²) in [5, 5.41) is 0. The van der Waals surface area contributed by atoms with E-state index in [0.717, 1.165) is 12.8 Å². The van der Waals surface area contributed by atoms with E-state index in [9.17, 15) is 4.79 Å². The van der Waals surface area contributed by atoms with Crippen LogP contribution >= 0.6 is 0 Å². The highest BCUT2D eigenvalue weighted by Gasteiger charge is 2.06. The number of carbonyl (C=O) groups is 1. The van der Waals surface area contributed by atoms with Crippen LogP contribution in [0.5, 0.6) is 0 Å². The molecule has 3 nitrogen and oxygen atoms in total. The van der Waals surface area contributed by atoms with Gasteiger partial charge in [-0.05, 0) is 26.3 Å². The van der Waals surface area contributed by atoms with Crippen molar-refractivity contribution in [1.82, 2.24) is 0 Å². The van der Waals surface area contributed by atoms with E-state index in [0.29, 0.717) is 12.5 Å². The molecule has 0 saturated carbocycles. The third-order valence-corrected chi connectivity index (χ3v) is 1.18. The van der Waals surface area contributed by atoms with Gasteiger partial charge in [-0.2, -0.15) is 0 Å². The lowest BCUT2D eigenvalue weighted by atomic mass is 10.1. The first kappa shape index (κ1) is 8.43. The minimum absolute atomic E-state index is 0.316.